The minimum absolute atomic E-state index is 0.171. The number of hydrogen-bond donors (Lipinski definition) is 1. The highest BCUT2D eigenvalue weighted by Gasteiger charge is 2.32. The quantitative estimate of drug-likeness (QED) is 0.823. The molecule has 18 heavy (non-hydrogen) atoms. The number of ether oxygens (including phenoxy) is 1. The van der Waals surface area contributed by atoms with Gasteiger partial charge in [-0.25, -0.2) is 4.98 Å². The van der Waals surface area contributed by atoms with Gasteiger partial charge in [0.15, 0.2) is 0 Å². The largest absolute Gasteiger partial charge is 0.374 e. The number of morpholine rings is 1. The van der Waals surface area contributed by atoms with Crippen LogP contribution in [-0.2, 0) is 4.74 Å². The van der Waals surface area contributed by atoms with Gasteiger partial charge < -0.3 is 10.1 Å². The van der Waals surface area contributed by atoms with Crippen molar-refractivity contribution in [3.63, 3.8) is 0 Å². The minimum Gasteiger partial charge on any atom is -0.374 e. The molecule has 3 rings (SSSR count). The first-order chi connectivity index (χ1) is 8.81. The molecule has 2 fully saturated rings. The van der Waals surface area contributed by atoms with Crippen LogP contribution >= 0.6 is 0 Å². The summed E-state index contributed by atoms with van der Waals surface area (Å²) in [4.78, 5) is 6.27. The van der Waals surface area contributed by atoms with Crippen molar-refractivity contribution in [1.82, 2.24) is 9.88 Å². The number of nitrogens with zero attached hydrogens (tertiary/aromatic N) is 2. The van der Waals surface area contributed by atoms with E-state index in [0.717, 1.165) is 25.7 Å². The van der Waals surface area contributed by atoms with Gasteiger partial charge in [0.05, 0.1) is 12.7 Å². The second kappa shape index (κ2) is 5.20. The predicted octanol–water partition coefficient (Wildman–Crippen LogP) is 1.50. The van der Waals surface area contributed by atoms with E-state index in [2.05, 4.69) is 15.2 Å². The normalized spacial score (nSPS) is 25.1. The van der Waals surface area contributed by atoms with Crippen LogP contribution in [0.4, 0.5) is 10.2 Å². The summed E-state index contributed by atoms with van der Waals surface area (Å²) in [7, 11) is 0. The third-order valence-electron chi connectivity index (χ3n) is 3.46. The predicted molar refractivity (Wildman–Crippen MR) is 67.0 cm³/mol. The number of rotatable bonds is 4. The summed E-state index contributed by atoms with van der Waals surface area (Å²) in [6.45, 7) is 3.48. The monoisotopic (exact) mass is 251 g/mol. The Hall–Kier alpha value is -1.20. The molecule has 0 radical (unpaired) electrons. The van der Waals surface area contributed by atoms with E-state index in [9.17, 15) is 4.39 Å². The summed E-state index contributed by atoms with van der Waals surface area (Å²) in [6.07, 6.45) is 2.82. The molecule has 1 unspecified atom stereocenters. The summed E-state index contributed by atoms with van der Waals surface area (Å²) < 4.78 is 18.6. The Bertz CT molecular complexity index is 411. The number of hydrogen-bond acceptors (Lipinski definition) is 4. The molecule has 0 bridgehead atoms. The summed E-state index contributed by atoms with van der Waals surface area (Å²) in [5.41, 5.74) is 0. The van der Waals surface area contributed by atoms with E-state index < -0.39 is 5.95 Å². The van der Waals surface area contributed by atoms with E-state index >= 15 is 0 Å². The van der Waals surface area contributed by atoms with Crippen LogP contribution in [0.1, 0.15) is 12.8 Å². The van der Waals surface area contributed by atoms with Crippen molar-refractivity contribution in [2.75, 3.05) is 31.6 Å². The van der Waals surface area contributed by atoms with E-state index in [1.807, 2.05) is 0 Å². The lowest BCUT2D eigenvalue weighted by molar-refractivity contribution is -0.0241. The summed E-state index contributed by atoms with van der Waals surface area (Å²) >= 11 is 0. The van der Waals surface area contributed by atoms with Crippen molar-refractivity contribution in [2.45, 2.75) is 25.0 Å². The molecule has 1 aliphatic heterocycles. The van der Waals surface area contributed by atoms with Gasteiger partial charge in [0.1, 0.15) is 5.82 Å². The third-order valence-corrected chi connectivity index (χ3v) is 3.46. The fourth-order valence-electron chi connectivity index (χ4n) is 2.36. The molecule has 5 heteroatoms. The maximum Gasteiger partial charge on any atom is 0.214 e. The Morgan fingerprint density at radius 1 is 1.44 bits per heavy atom. The number of nitrogens with one attached hydrogen (secondary N) is 1. The first kappa shape index (κ1) is 11.9. The Morgan fingerprint density at radius 2 is 2.33 bits per heavy atom. The molecule has 0 aromatic carbocycles. The van der Waals surface area contributed by atoms with Crippen molar-refractivity contribution >= 4 is 5.82 Å². The smallest absolute Gasteiger partial charge is 0.214 e. The summed E-state index contributed by atoms with van der Waals surface area (Å²) in [5, 5.41) is 3.13. The molecule has 1 saturated carbocycles. The number of halogens is 1. The molecule has 0 spiro atoms. The second-order valence-corrected chi connectivity index (χ2v) is 4.95. The van der Waals surface area contributed by atoms with Crippen LogP contribution < -0.4 is 5.32 Å². The maximum atomic E-state index is 12.9. The summed E-state index contributed by atoms with van der Waals surface area (Å²) in [6, 6.07) is 5.55. The van der Waals surface area contributed by atoms with Gasteiger partial charge in [0, 0.05) is 25.7 Å². The Kier molecular flexibility index (Phi) is 3.43. The molecule has 1 atom stereocenters. The second-order valence-electron chi connectivity index (χ2n) is 4.95. The molecule has 2 heterocycles. The molecule has 1 N–H and O–H groups in total. The van der Waals surface area contributed by atoms with Gasteiger partial charge in [0.2, 0.25) is 5.95 Å². The van der Waals surface area contributed by atoms with E-state index in [1.165, 1.54) is 18.9 Å². The fraction of sp³-hybridized carbons (Fsp3) is 0.615. The van der Waals surface area contributed by atoms with Gasteiger partial charge in [-0.05, 0) is 25.0 Å². The highest BCUT2D eigenvalue weighted by molar-refractivity contribution is 5.33. The zero-order chi connectivity index (χ0) is 12.4. The third kappa shape index (κ3) is 2.97. The van der Waals surface area contributed by atoms with Gasteiger partial charge in [-0.15, -0.1) is 0 Å². The number of anilines is 1. The minimum atomic E-state index is -0.454. The molecule has 1 aliphatic carbocycles. The topological polar surface area (TPSA) is 37.4 Å². The van der Waals surface area contributed by atoms with Crippen LogP contribution in [0, 0.1) is 5.95 Å². The Balaban J connectivity index is 1.50. The van der Waals surface area contributed by atoms with Crippen molar-refractivity contribution in [2.24, 2.45) is 0 Å². The number of pyridine rings is 1. The van der Waals surface area contributed by atoms with Crippen LogP contribution in [0.2, 0.25) is 0 Å². The molecule has 0 amide bonds. The van der Waals surface area contributed by atoms with Crippen LogP contribution in [0.5, 0.6) is 0 Å². The highest BCUT2D eigenvalue weighted by atomic mass is 19.1. The summed E-state index contributed by atoms with van der Waals surface area (Å²) in [5.74, 6) is 0.117. The Labute approximate surface area is 106 Å². The van der Waals surface area contributed by atoms with Gasteiger partial charge >= 0.3 is 0 Å². The Morgan fingerprint density at radius 3 is 3.11 bits per heavy atom. The number of aromatic nitrogens is 1. The van der Waals surface area contributed by atoms with Crippen LogP contribution in [0.3, 0.4) is 0 Å². The van der Waals surface area contributed by atoms with Crippen LogP contribution in [0.25, 0.3) is 0 Å². The molecule has 2 aliphatic rings. The maximum absolute atomic E-state index is 12.9. The van der Waals surface area contributed by atoms with Crippen LogP contribution in [-0.4, -0.2) is 48.3 Å². The highest BCUT2D eigenvalue weighted by Crippen LogP contribution is 2.28. The molecular formula is C13H18FN3O. The standard InChI is InChI=1S/C13H18FN3O/c14-12-2-1-3-13(16-12)15-8-11-9-17(6-7-18-11)10-4-5-10/h1-3,10-11H,4-9H2,(H,15,16). The van der Waals surface area contributed by atoms with Gasteiger partial charge in [-0.3, -0.25) is 4.90 Å². The van der Waals surface area contributed by atoms with Crippen LogP contribution in [0.15, 0.2) is 18.2 Å². The van der Waals surface area contributed by atoms with Crippen molar-refractivity contribution < 1.29 is 9.13 Å². The molecular weight excluding hydrogens is 233 g/mol. The van der Waals surface area contributed by atoms with E-state index in [4.69, 9.17) is 4.74 Å². The molecule has 1 aromatic heterocycles. The van der Waals surface area contributed by atoms with Gasteiger partial charge in [0.25, 0.3) is 0 Å². The molecule has 1 aromatic rings. The molecule has 1 saturated heterocycles. The molecule has 4 nitrogen and oxygen atoms in total. The van der Waals surface area contributed by atoms with Crippen molar-refractivity contribution in [3.05, 3.63) is 24.1 Å². The van der Waals surface area contributed by atoms with Crippen molar-refractivity contribution in [3.8, 4) is 0 Å². The SMILES string of the molecule is Fc1cccc(NCC2CN(C3CC3)CCO2)n1. The van der Waals surface area contributed by atoms with Crippen molar-refractivity contribution in [1.29, 1.82) is 0 Å². The lowest BCUT2D eigenvalue weighted by atomic mass is 10.2. The fourth-order valence-corrected chi connectivity index (χ4v) is 2.36. The van der Waals surface area contributed by atoms with Gasteiger partial charge in [-0.2, -0.15) is 4.39 Å². The lowest BCUT2D eigenvalue weighted by Gasteiger charge is -2.33. The average Bonchev–Trinajstić information content (AvgIpc) is 3.21. The molecule has 98 valence electrons. The lowest BCUT2D eigenvalue weighted by Crippen LogP contribution is -2.46. The van der Waals surface area contributed by atoms with E-state index in [1.54, 1.807) is 12.1 Å². The first-order valence-corrected chi connectivity index (χ1v) is 6.53. The first-order valence-electron chi connectivity index (χ1n) is 6.53. The van der Waals surface area contributed by atoms with E-state index in [0.29, 0.717) is 12.4 Å². The van der Waals surface area contributed by atoms with E-state index in [-0.39, 0.29) is 6.10 Å². The zero-order valence-corrected chi connectivity index (χ0v) is 10.3. The average molecular weight is 251 g/mol. The zero-order valence-electron chi connectivity index (χ0n) is 10.3. The van der Waals surface area contributed by atoms with Gasteiger partial charge in [-0.1, -0.05) is 6.07 Å².